The molecule has 0 aromatic carbocycles. The number of halogens is 2. The maximum absolute atomic E-state index is 9.62. The lowest BCUT2D eigenvalue weighted by Gasteiger charge is -2.17. The van der Waals surface area contributed by atoms with Crippen molar-refractivity contribution in [2.75, 3.05) is 12.5 Å². The molecule has 0 saturated carbocycles. The Labute approximate surface area is 115 Å². The number of alkyl halides is 1. The Morgan fingerprint density at radius 1 is 1.35 bits per heavy atom. The first-order valence-electron chi connectivity index (χ1n) is 6.36. The van der Waals surface area contributed by atoms with Gasteiger partial charge in [0.15, 0.2) is 6.29 Å². The zero-order valence-electron chi connectivity index (χ0n) is 10.8. The van der Waals surface area contributed by atoms with E-state index in [4.69, 9.17) is 27.9 Å². The Kier molecular flexibility index (Phi) is 11.5. The van der Waals surface area contributed by atoms with Gasteiger partial charge in [-0.05, 0) is 31.6 Å². The van der Waals surface area contributed by atoms with E-state index in [1.165, 1.54) is 0 Å². The molecule has 0 heterocycles. The van der Waals surface area contributed by atoms with Gasteiger partial charge in [0.2, 0.25) is 0 Å². The highest BCUT2D eigenvalue weighted by Crippen LogP contribution is 2.25. The SMILES string of the molecule is CCCCOC(O)CCC(CC)/C(Cl)=C\CCl. The van der Waals surface area contributed by atoms with E-state index in [2.05, 4.69) is 13.8 Å². The van der Waals surface area contributed by atoms with Gasteiger partial charge >= 0.3 is 0 Å². The molecule has 2 nitrogen and oxygen atoms in total. The maximum atomic E-state index is 9.62. The van der Waals surface area contributed by atoms with Crippen molar-refractivity contribution in [3.8, 4) is 0 Å². The van der Waals surface area contributed by atoms with Crippen LogP contribution >= 0.6 is 23.2 Å². The minimum absolute atomic E-state index is 0.278. The average Bonchev–Trinajstić information content (AvgIpc) is 2.30. The third-order valence-electron chi connectivity index (χ3n) is 2.73. The molecule has 2 atom stereocenters. The minimum Gasteiger partial charge on any atom is -0.368 e. The van der Waals surface area contributed by atoms with Crippen molar-refractivity contribution in [2.24, 2.45) is 5.92 Å². The first kappa shape index (κ1) is 17.2. The molecular weight excluding hydrogens is 259 g/mol. The van der Waals surface area contributed by atoms with Crippen molar-refractivity contribution < 1.29 is 9.84 Å². The van der Waals surface area contributed by atoms with Gasteiger partial charge in [0.25, 0.3) is 0 Å². The lowest BCUT2D eigenvalue weighted by molar-refractivity contribution is -0.105. The van der Waals surface area contributed by atoms with Gasteiger partial charge in [0.05, 0.1) is 0 Å². The highest BCUT2D eigenvalue weighted by molar-refractivity contribution is 6.30. The first-order chi connectivity index (χ1) is 8.15. The van der Waals surface area contributed by atoms with E-state index in [0.717, 1.165) is 30.7 Å². The van der Waals surface area contributed by atoms with E-state index < -0.39 is 6.29 Å². The highest BCUT2D eigenvalue weighted by Gasteiger charge is 2.13. The lowest BCUT2D eigenvalue weighted by Crippen LogP contribution is -2.14. The normalized spacial score (nSPS) is 15.9. The van der Waals surface area contributed by atoms with Crippen molar-refractivity contribution in [3.05, 3.63) is 11.1 Å². The van der Waals surface area contributed by atoms with Gasteiger partial charge in [-0.25, -0.2) is 0 Å². The molecule has 1 N–H and O–H groups in total. The summed E-state index contributed by atoms with van der Waals surface area (Å²) in [6.07, 6.45) is 5.62. The molecule has 2 unspecified atom stereocenters. The number of aliphatic hydroxyl groups is 1. The summed E-state index contributed by atoms with van der Waals surface area (Å²) in [5.41, 5.74) is 0. The fraction of sp³-hybridized carbons (Fsp3) is 0.846. The van der Waals surface area contributed by atoms with Gasteiger partial charge in [-0.1, -0.05) is 37.9 Å². The van der Waals surface area contributed by atoms with Crippen LogP contribution in [-0.4, -0.2) is 23.9 Å². The summed E-state index contributed by atoms with van der Waals surface area (Å²) in [5.74, 6) is 0.713. The van der Waals surface area contributed by atoms with Crippen LogP contribution in [-0.2, 0) is 4.74 Å². The number of hydrogen-bond donors (Lipinski definition) is 1. The van der Waals surface area contributed by atoms with Gasteiger partial charge in [-0.3, -0.25) is 0 Å². The van der Waals surface area contributed by atoms with Crippen LogP contribution in [0.15, 0.2) is 11.1 Å². The molecule has 17 heavy (non-hydrogen) atoms. The van der Waals surface area contributed by atoms with Crippen LogP contribution in [0.3, 0.4) is 0 Å². The fourth-order valence-corrected chi connectivity index (χ4v) is 2.15. The summed E-state index contributed by atoms with van der Waals surface area (Å²) in [7, 11) is 0. The Balaban J connectivity index is 3.85. The van der Waals surface area contributed by atoms with Gasteiger partial charge in [0.1, 0.15) is 0 Å². The van der Waals surface area contributed by atoms with Gasteiger partial charge in [-0.2, -0.15) is 0 Å². The van der Waals surface area contributed by atoms with Crippen molar-refractivity contribution in [1.29, 1.82) is 0 Å². The highest BCUT2D eigenvalue weighted by atomic mass is 35.5. The Morgan fingerprint density at radius 3 is 2.59 bits per heavy atom. The van der Waals surface area contributed by atoms with E-state index in [1.807, 2.05) is 6.08 Å². The summed E-state index contributed by atoms with van der Waals surface area (Å²) in [6.45, 7) is 4.80. The first-order valence-corrected chi connectivity index (χ1v) is 7.28. The molecule has 0 fully saturated rings. The third-order valence-corrected chi connectivity index (χ3v) is 3.34. The van der Waals surface area contributed by atoms with E-state index >= 15 is 0 Å². The van der Waals surface area contributed by atoms with Crippen LogP contribution in [0.4, 0.5) is 0 Å². The number of aliphatic hydroxyl groups excluding tert-OH is 1. The molecule has 0 bridgehead atoms. The topological polar surface area (TPSA) is 29.5 Å². The fourth-order valence-electron chi connectivity index (χ4n) is 1.57. The van der Waals surface area contributed by atoms with E-state index in [-0.39, 0.29) is 5.92 Å². The predicted molar refractivity (Wildman–Crippen MR) is 74.5 cm³/mol. The smallest absolute Gasteiger partial charge is 0.154 e. The van der Waals surface area contributed by atoms with Gasteiger partial charge in [0, 0.05) is 17.5 Å². The molecular formula is C13H24Cl2O2. The number of ether oxygens (including phenoxy) is 1. The molecule has 4 heteroatoms. The zero-order valence-corrected chi connectivity index (χ0v) is 12.3. The second-order valence-corrected chi connectivity index (χ2v) is 4.85. The Bertz CT molecular complexity index is 208. The number of rotatable bonds is 10. The molecule has 0 saturated heterocycles. The summed E-state index contributed by atoms with van der Waals surface area (Å²) in [5, 5.41) is 10.4. The second-order valence-electron chi connectivity index (χ2n) is 4.10. The van der Waals surface area contributed by atoms with Crippen LogP contribution in [0, 0.1) is 5.92 Å². The quantitative estimate of drug-likeness (QED) is 0.368. The largest absolute Gasteiger partial charge is 0.368 e. The molecule has 0 aliphatic heterocycles. The monoisotopic (exact) mass is 282 g/mol. The molecule has 0 aliphatic rings. The molecule has 0 radical (unpaired) electrons. The Morgan fingerprint density at radius 2 is 2.06 bits per heavy atom. The van der Waals surface area contributed by atoms with Crippen molar-refractivity contribution in [1.82, 2.24) is 0 Å². The van der Waals surface area contributed by atoms with Gasteiger partial charge in [-0.15, -0.1) is 11.6 Å². The molecule has 0 amide bonds. The van der Waals surface area contributed by atoms with E-state index in [9.17, 15) is 5.11 Å². The van der Waals surface area contributed by atoms with Crippen molar-refractivity contribution in [3.63, 3.8) is 0 Å². The molecule has 0 aromatic rings. The van der Waals surface area contributed by atoms with Crippen LogP contribution in [0.25, 0.3) is 0 Å². The second kappa shape index (κ2) is 11.3. The maximum Gasteiger partial charge on any atom is 0.154 e. The standard InChI is InChI=1S/C13H24Cl2O2/c1-3-5-10-17-13(16)7-6-11(4-2)12(15)8-9-14/h8,11,13,16H,3-7,9-10H2,1-2H3/b12-8+. The van der Waals surface area contributed by atoms with E-state index in [0.29, 0.717) is 18.9 Å². The summed E-state index contributed by atoms with van der Waals surface area (Å²) < 4.78 is 5.28. The third kappa shape index (κ3) is 8.90. The van der Waals surface area contributed by atoms with Crippen LogP contribution < -0.4 is 0 Å². The summed E-state index contributed by atoms with van der Waals surface area (Å²) in [6, 6.07) is 0. The van der Waals surface area contributed by atoms with Crippen LogP contribution in [0.2, 0.25) is 0 Å². The molecule has 0 aliphatic carbocycles. The summed E-state index contributed by atoms with van der Waals surface area (Å²) in [4.78, 5) is 0. The van der Waals surface area contributed by atoms with E-state index in [1.54, 1.807) is 0 Å². The number of allylic oxidation sites excluding steroid dienone is 2. The Hall–Kier alpha value is 0.240. The average molecular weight is 283 g/mol. The zero-order chi connectivity index (χ0) is 13.1. The predicted octanol–water partition coefficient (Wildman–Crippen LogP) is 4.29. The number of unbranched alkanes of at least 4 members (excludes halogenated alkanes) is 1. The molecule has 102 valence electrons. The van der Waals surface area contributed by atoms with Crippen molar-refractivity contribution >= 4 is 23.2 Å². The molecule has 0 spiro atoms. The van der Waals surface area contributed by atoms with Crippen molar-refractivity contribution in [2.45, 2.75) is 52.2 Å². The molecule has 0 rings (SSSR count). The lowest BCUT2D eigenvalue weighted by atomic mass is 9.99. The summed E-state index contributed by atoms with van der Waals surface area (Å²) >= 11 is 11.7. The molecule has 0 aromatic heterocycles. The van der Waals surface area contributed by atoms with Crippen LogP contribution in [0.1, 0.15) is 46.0 Å². The number of hydrogen-bond acceptors (Lipinski definition) is 2. The van der Waals surface area contributed by atoms with Gasteiger partial charge < -0.3 is 9.84 Å². The van der Waals surface area contributed by atoms with Crippen LogP contribution in [0.5, 0.6) is 0 Å². The minimum atomic E-state index is -0.670.